The number of benzene rings is 1. The van der Waals surface area contributed by atoms with Crippen LogP contribution in [0, 0.1) is 12.8 Å². The molecule has 0 unspecified atom stereocenters. The number of carbonyl (C=O) groups excluding carboxylic acids is 1. The molecule has 2 rings (SSSR count). The van der Waals surface area contributed by atoms with Gasteiger partial charge in [-0.25, -0.2) is 0 Å². The number of carboxylic acid groups (broad SMARTS) is 1. The summed E-state index contributed by atoms with van der Waals surface area (Å²) in [5.74, 6) is -1.48. The predicted octanol–water partition coefficient (Wildman–Crippen LogP) is 1.82. The van der Waals surface area contributed by atoms with Crippen LogP contribution in [0.5, 0.6) is 0 Å². The van der Waals surface area contributed by atoms with Crippen molar-refractivity contribution in [3.05, 3.63) is 34.9 Å². The van der Waals surface area contributed by atoms with Gasteiger partial charge in [0.2, 0.25) is 0 Å². The average molecular weight is 204 g/mol. The van der Waals surface area contributed by atoms with Crippen molar-refractivity contribution in [1.29, 1.82) is 0 Å². The van der Waals surface area contributed by atoms with Crippen molar-refractivity contribution >= 4 is 11.8 Å². The second-order valence-corrected chi connectivity index (χ2v) is 4.03. The van der Waals surface area contributed by atoms with Gasteiger partial charge in [-0.3, -0.25) is 9.59 Å². The highest BCUT2D eigenvalue weighted by molar-refractivity contribution is 6.00. The van der Waals surface area contributed by atoms with E-state index in [9.17, 15) is 9.59 Å². The van der Waals surface area contributed by atoms with E-state index in [-0.39, 0.29) is 12.2 Å². The van der Waals surface area contributed by atoms with Gasteiger partial charge < -0.3 is 5.11 Å². The van der Waals surface area contributed by atoms with E-state index in [1.54, 1.807) is 6.07 Å². The second kappa shape index (κ2) is 3.50. The Labute approximate surface area is 87.7 Å². The van der Waals surface area contributed by atoms with E-state index >= 15 is 0 Å². The number of aliphatic carboxylic acids is 1. The summed E-state index contributed by atoms with van der Waals surface area (Å²) in [5, 5.41) is 8.90. The highest BCUT2D eigenvalue weighted by atomic mass is 16.4. The smallest absolute Gasteiger partial charge is 0.307 e. The van der Waals surface area contributed by atoms with Crippen LogP contribution in [0.1, 0.15) is 27.9 Å². The van der Waals surface area contributed by atoms with Crippen LogP contribution in [0.2, 0.25) is 0 Å². The van der Waals surface area contributed by atoms with Crippen molar-refractivity contribution in [3.63, 3.8) is 0 Å². The number of aryl methyl sites for hydroxylation is 1. The predicted molar refractivity (Wildman–Crippen MR) is 55.0 cm³/mol. The van der Waals surface area contributed by atoms with Gasteiger partial charge in [0.15, 0.2) is 5.78 Å². The lowest BCUT2D eigenvalue weighted by Crippen LogP contribution is -2.26. The average Bonchev–Trinajstić information content (AvgIpc) is 2.16. The molecule has 0 amide bonds. The zero-order chi connectivity index (χ0) is 11.0. The SMILES string of the molecule is Cc1ccc2c(c1)C[C@@H](C(=O)O)CC2=O. The second-order valence-electron chi connectivity index (χ2n) is 4.03. The normalized spacial score (nSPS) is 19.8. The van der Waals surface area contributed by atoms with Gasteiger partial charge in [0.05, 0.1) is 5.92 Å². The summed E-state index contributed by atoms with van der Waals surface area (Å²) in [4.78, 5) is 22.5. The molecule has 0 fully saturated rings. The fraction of sp³-hybridized carbons (Fsp3) is 0.333. The Hall–Kier alpha value is -1.64. The quantitative estimate of drug-likeness (QED) is 0.759. The Balaban J connectivity index is 2.41. The first-order valence-electron chi connectivity index (χ1n) is 4.93. The zero-order valence-corrected chi connectivity index (χ0v) is 8.49. The molecule has 1 aromatic rings. The minimum absolute atomic E-state index is 0.0522. The molecule has 0 saturated heterocycles. The van der Waals surface area contributed by atoms with Gasteiger partial charge in [-0.15, -0.1) is 0 Å². The number of carbonyl (C=O) groups is 2. The van der Waals surface area contributed by atoms with Crippen LogP contribution >= 0.6 is 0 Å². The Kier molecular flexibility index (Phi) is 2.31. The summed E-state index contributed by atoms with van der Waals surface area (Å²) in [7, 11) is 0. The molecule has 1 N–H and O–H groups in total. The third-order valence-electron chi connectivity index (χ3n) is 2.81. The van der Waals surface area contributed by atoms with Gasteiger partial charge in [-0.2, -0.15) is 0 Å². The molecule has 3 heteroatoms. The number of Topliss-reactive ketones (excluding diaryl/α,β-unsaturated/α-hetero) is 1. The largest absolute Gasteiger partial charge is 0.481 e. The Morgan fingerprint density at radius 1 is 1.40 bits per heavy atom. The minimum atomic E-state index is -0.879. The van der Waals surface area contributed by atoms with Crippen LogP contribution in [-0.4, -0.2) is 16.9 Å². The molecule has 78 valence electrons. The van der Waals surface area contributed by atoms with Gasteiger partial charge in [0.1, 0.15) is 0 Å². The topological polar surface area (TPSA) is 54.4 Å². The maximum absolute atomic E-state index is 11.6. The number of carboxylic acids is 1. The van der Waals surface area contributed by atoms with Crippen LogP contribution in [0.3, 0.4) is 0 Å². The van der Waals surface area contributed by atoms with Gasteiger partial charge in [0.25, 0.3) is 0 Å². The van der Waals surface area contributed by atoms with Crippen LogP contribution in [-0.2, 0) is 11.2 Å². The maximum atomic E-state index is 11.6. The number of ketones is 1. The molecule has 15 heavy (non-hydrogen) atoms. The number of hydrogen-bond acceptors (Lipinski definition) is 2. The fourth-order valence-electron chi connectivity index (χ4n) is 2.01. The van der Waals surface area contributed by atoms with Gasteiger partial charge in [0, 0.05) is 12.0 Å². The minimum Gasteiger partial charge on any atom is -0.481 e. The highest BCUT2D eigenvalue weighted by Crippen LogP contribution is 2.26. The van der Waals surface area contributed by atoms with E-state index in [1.807, 2.05) is 19.1 Å². The first-order chi connectivity index (χ1) is 7.08. The van der Waals surface area contributed by atoms with Gasteiger partial charge >= 0.3 is 5.97 Å². The van der Waals surface area contributed by atoms with E-state index in [0.29, 0.717) is 12.0 Å². The summed E-state index contributed by atoms with van der Waals surface area (Å²) < 4.78 is 0. The van der Waals surface area contributed by atoms with E-state index in [4.69, 9.17) is 5.11 Å². The van der Waals surface area contributed by atoms with E-state index in [0.717, 1.165) is 11.1 Å². The first kappa shape index (κ1) is 9.90. The summed E-state index contributed by atoms with van der Waals surface area (Å²) in [6.45, 7) is 1.94. The van der Waals surface area contributed by atoms with Crippen molar-refractivity contribution in [2.45, 2.75) is 19.8 Å². The summed E-state index contributed by atoms with van der Waals surface area (Å²) in [5.41, 5.74) is 2.63. The lowest BCUT2D eigenvalue weighted by atomic mass is 9.82. The molecule has 1 aromatic carbocycles. The lowest BCUT2D eigenvalue weighted by Gasteiger charge is -2.20. The third-order valence-corrected chi connectivity index (χ3v) is 2.81. The molecular formula is C12H12O3. The van der Waals surface area contributed by atoms with E-state index in [2.05, 4.69) is 0 Å². The molecule has 0 radical (unpaired) electrons. The Morgan fingerprint density at radius 2 is 2.13 bits per heavy atom. The zero-order valence-electron chi connectivity index (χ0n) is 8.49. The van der Waals surface area contributed by atoms with Crippen LogP contribution in [0.25, 0.3) is 0 Å². The van der Waals surface area contributed by atoms with Crippen molar-refractivity contribution in [3.8, 4) is 0 Å². The van der Waals surface area contributed by atoms with Crippen molar-refractivity contribution in [1.82, 2.24) is 0 Å². The fourth-order valence-corrected chi connectivity index (χ4v) is 2.01. The first-order valence-corrected chi connectivity index (χ1v) is 4.93. The standard InChI is InChI=1S/C12H12O3/c1-7-2-3-10-8(4-7)5-9(12(14)15)6-11(10)13/h2-4,9H,5-6H2,1H3,(H,14,15)/t9-/m1/s1. The molecule has 1 aliphatic carbocycles. The molecule has 0 bridgehead atoms. The summed E-state index contributed by atoms with van der Waals surface area (Å²) in [6.07, 6.45) is 0.601. The Morgan fingerprint density at radius 3 is 2.80 bits per heavy atom. The van der Waals surface area contributed by atoms with E-state index in [1.165, 1.54) is 0 Å². The number of hydrogen-bond donors (Lipinski definition) is 1. The number of fused-ring (bicyclic) bond motifs is 1. The van der Waals surface area contributed by atoms with Crippen LogP contribution in [0.4, 0.5) is 0 Å². The molecule has 1 atom stereocenters. The van der Waals surface area contributed by atoms with Crippen molar-refractivity contribution in [2.24, 2.45) is 5.92 Å². The molecule has 0 aromatic heterocycles. The summed E-state index contributed by atoms with van der Waals surface area (Å²) in [6, 6.07) is 5.59. The lowest BCUT2D eigenvalue weighted by molar-refractivity contribution is -0.141. The molecule has 0 heterocycles. The van der Waals surface area contributed by atoms with Gasteiger partial charge in [-0.05, 0) is 18.9 Å². The van der Waals surface area contributed by atoms with Crippen molar-refractivity contribution < 1.29 is 14.7 Å². The molecule has 1 aliphatic rings. The molecule has 0 spiro atoms. The van der Waals surface area contributed by atoms with Gasteiger partial charge in [-0.1, -0.05) is 23.8 Å². The Bertz CT molecular complexity index is 434. The molecular weight excluding hydrogens is 192 g/mol. The van der Waals surface area contributed by atoms with Crippen LogP contribution < -0.4 is 0 Å². The monoisotopic (exact) mass is 204 g/mol. The maximum Gasteiger partial charge on any atom is 0.307 e. The highest BCUT2D eigenvalue weighted by Gasteiger charge is 2.29. The molecule has 0 aliphatic heterocycles. The molecule has 0 saturated carbocycles. The number of rotatable bonds is 1. The molecule has 3 nitrogen and oxygen atoms in total. The van der Waals surface area contributed by atoms with E-state index < -0.39 is 11.9 Å². The van der Waals surface area contributed by atoms with Crippen molar-refractivity contribution in [2.75, 3.05) is 0 Å². The third kappa shape index (κ3) is 1.77. The van der Waals surface area contributed by atoms with Crippen LogP contribution in [0.15, 0.2) is 18.2 Å². The summed E-state index contributed by atoms with van der Waals surface area (Å²) >= 11 is 0.